The Bertz CT molecular complexity index is 555. The van der Waals surface area contributed by atoms with E-state index < -0.39 is 0 Å². The summed E-state index contributed by atoms with van der Waals surface area (Å²) in [4.78, 5) is 4.21. The number of hydrogen-bond donors (Lipinski definition) is 1. The van der Waals surface area contributed by atoms with Crippen molar-refractivity contribution in [2.45, 2.75) is 19.4 Å². The molecule has 1 heterocycles. The topological polar surface area (TPSA) is 38.9 Å². The number of halogens is 2. The smallest absolute Gasteiger partial charge is 0.0761 e. The monoisotopic (exact) mass is 280 g/mol. The number of nitrogens with zero attached hydrogens (tertiary/aromatic N) is 1. The third-order valence-electron chi connectivity index (χ3n) is 2.73. The van der Waals surface area contributed by atoms with Gasteiger partial charge in [-0.15, -0.1) is 0 Å². The summed E-state index contributed by atoms with van der Waals surface area (Å²) in [5.74, 6) is 0. The zero-order chi connectivity index (χ0) is 13.1. The Morgan fingerprint density at radius 3 is 2.72 bits per heavy atom. The van der Waals surface area contributed by atoms with E-state index in [9.17, 15) is 0 Å². The first-order valence-corrected chi connectivity index (χ1v) is 6.44. The number of hydrogen-bond acceptors (Lipinski definition) is 2. The highest BCUT2D eigenvalue weighted by molar-refractivity contribution is 6.34. The van der Waals surface area contributed by atoms with Crippen LogP contribution in [-0.2, 0) is 6.42 Å². The van der Waals surface area contributed by atoms with E-state index in [2.05, 4.69) is 30.1 Å². The summed E-state index contributed by atoms with van der Waals surface area (Å²) in [7, 11) is 0. The first-order chi connectivity index (χ1) is 8.56. The van der Waals surface area contributed by atoms with Crippen LogP contribution >= 0.6 is 23.2 Å². The molecular formula is C14H14Cl2N2. The summed E-state index contributed by atoms with van der Waals surface area (Å²) >= 11 is 11.9. The van der Waals surface area contributed by atoms with E-state index in [-0.39, 0.29) is 6.04 Å². The molecule has 4 heteroatoms. The molecule has 94 valence electrons. The summed E-state index contributed by atoms with van der Waals surface area (Å²) in [6.45, 7) is 2.06. The van der Waals surface area contributed by atoms with Crippen molar-refractivity contribution in [1.29, 1.82) is 0 Å². The van der Waals surface area contributed by atoms with Crippen molar-refractivity contribution in [3.05, 3.63) is 63.4 Å². The third-order valence-corrected chi connectivity index (χ3v) is 3.24. The van der Waals surface area contributed by atoms with Crippen molar-refractivity contribution >= 4 is 23.2 Å². The van der Waals surface area contributed by atoms with Crippen LogP contribution in [0.25, 0.3) is 0 Å². The predicted octanol–water partition coefficient (Wildman–Crippen LogP) is 3.94. The molecule has 0 fully saturated rings. The van der Waals surface area contributed by atoms with Crippen molar-refractivity contribution in [1.82, 2.24) is 4.98 Å². The van der Waals surface area contributed by atoms with Gasteiger partial charge in [-0.3, -0.25) is 4.98 Å². The standard InChI is InChI=1S/C14H14Cl2N2/c1-9-3-2-4-10(5-9)6-13(17)14-12(16)7-11(15)8-18-14/h2-5,7-8,13H,6,17H2,1H3. The third kappa shape index (κ3) is 3.22. The number of rotatable bonds is 3. The molecule has 2 aromatic rings. The highest BCUT2D eigenvalue weighted by Crippen LogP contribution is 2.24. The normalized spacial score (nSPS) is 12.4. The number of aryl methyl sites for hydroxylation is 1. The second-order valence-electron chi connectivity index (χ2n) is 4.32. The van der Waals surface area contributed by atoms with Crippen LogP contribution in [0.4, 0.5) is 0 Å². The Kier molecular flexibility index (Phi) is 4.23. The van der Waals surface area contributed by atoms with Gasteiger partial charge in [-0.05, 0) is 25.0 Å². The second kappa shape index (κ2) is 5.70. The molecule has 2 N–H and O–H groups in total. The summed E-state index contributed by atoms with van der Waals surface area (Å²) in [5, 5.41) is 1.04. The Morgan fingerprint density at radius 1 is 1.28 bits per heavy atom. The molecule has 1 aromatic carbocycles. The van der Waals surface area contributed by atoms with Gasteiger partial charge in [-0.2, -0.15) is 0 Å². The van der Waals surface area contributed by atoms with Crippen LogP contribution < -0.4 is 5.73 Å². The summed E-state index contributed by atoms with van der Waals surface area (Å²) < 4.78 is 0. The van der Waals surface area contributed by atoms with Gasteiger partial charge < -0.3 is 5.73 Å². The van der Waals surface area contributed by atoms with E-state index in [1.54, 1.807) is 12.3 Å². The average molecular weight is 281 g/mol. The molecule has 2 rings (SSSR count). The van der Waals surface area contributed by atoms with Gasteiger partial charge >= 0.3 is 0 Å². The summed E-state index contributed by atoms with van der Waals surface area (Å²) in [6.07, 6.45) is 2.27. The van der Waals surface area contributed by atoms with E-state index in [1.165, 1.54) is 11.1 Å². The molecule has 0 spiro atoms. The van der Waals surface area contributed by atoms with E-state index in [0.717, 1.165) is 0 Å². The lowest BCUT2D eigenvalue weighted by Crippen LogP contribution is -2.15. The van der Waals surface area contributed by atoms with Gasteiger partial charge in [-0.25, -0.2) is 0 Å². The van der Waals surface area contributed by atoms with Gasteiger partial charge in [0, 0.05) is 6.20 Å². The molecule has 18 heavy (non-hydrogen) atoms. The Hall–Kier alpha value is -1.09. The molecule has 2 nitrogen and oxygen atoms in total. The van der Waals surface area contributed by atoms with E-state index in [1.807, 2.05) is 6.07 Å². The Labute approximate surface area is 117 Å². The molecule has 1 aromatic heterocycles. The quantitative estimate of drug-likeness (QED) is 0.925. The van der Waals surface area contributed by atoms with Gasteiger partial charge in [0.05, 0.1) is 21.8 Å². The second-order valence-corrected chi connectivity index (χ2v) is 5.16. The highest BCUT2D eigenvalue weighted by Gasteiger charge is 2.13. The minimum atomic E-state index is -0.225. The largest absolute Gasteiger partial charge is 0.322 e. The average Bonchev–Trinajstić information content (AvgIpc) is 2.28. The number of nitrogens with two attached hydrogens (primary N) is 1. The van der Waals surface area contributed by atoms with Crippen LogP contribution in [0.15, 0.2) is 36.5 Å². The van der Waals surface area contributed by atoms with Crippen molar-refractivity contribution in [2.75, 3.05) is 0 Å². The Morgan fingerprint density at radius 2 is 2.06 bits per heavy atom. The van der Waals surface area contributed by atoms with Crippen LogP contribution in [-0.4, -0.2) is 4.98 Å². The summed E-state index contributed by atoms with van der Waals surface area (Å²) in [6, 6.07) is 9.69. The maximum absolute atomic E-state index is 6.14. The van der Waals surface area contributed by atoms with Crippen LogP contribution in [0.2, 0.25) is 10.0 Å². The van der Waals surface area contributed by atoms with Gasteiger partial charge in [0.2, 0.25) is 0 Å². The fourth-order valence-electron chi connectivity index (χ4n) is 1.89. The van der Waals surface area contributed by atoms with E-state index >= 15 is 0 Å². The Balaban J connectivity index is 2.19. The lowest BCUT2D eigenvalue weighted by Gasteiger charge is -2.13. The lowest BCUT2D eigenvalue weighted by atomic mass is 10.0. The molecule has 0 radical (unpaired) electrons. The zero-order valence-corrected chi connectivity index (χ0v) is 11.5. The van der Waals surface area contributed by atoms with E-state index in [4.69, 9.17) is 28.9 Å². The molecular weight excluding hydrogens is 267 g/mol. The molecule has 0 aliphatic heterocycles. The molecule has 0 aliphatic rings. The number of aromatic nitrogens is 1. The fourth-order valence-corrected chi connectivity index (χ4v) is 2.41. The molecule has 0 aliphatic carbocycles. The predicted molar refractivity (Wildman–Crippen MR) is 76.1 cm³/mol. The highest BCUT2D eigenvalue weighted by atomic mass is 35.5. The first kappa shape index (κ1) is 13.3. The van der Waals surface area contributed by atoms with Crippen LogP contribution in [0.3, 0.4) is 0 Å². The van der Waals surface area contributed by atoms with Crippen LogP contribution in [0.1, 0.15) is 22.9 Å². The SMILES string of the molecule is Cc1cccc(CC(N)c2ncc(Cl)cc2Cl)c1. The van der Waals surface area contributed by atoms with Crippen LogP contribution in [0.5, 0.6) is 0 Å². The molecule has 0 saturated carbocycles. The number of pyridine rings is 1. The first-order valence-electron chi connectivity index (χ1n) is 5.68. The summed E-state index contributed by atoms with van der Waals surface area (Å²) in [5.41, 5.74) is 9.21. The lowest BCUT2D eigenvalue weighted by molar-refractivity contribution is 0.696. The maximum Gasteiger partial charge on any atom is 0.0761 e. The molecule has 0 bridgehead atoms. The van der Waals surface area contributed by atoms with Crippen LogP contribution in [0, 0.1) is 6.92 Å². The van der Waals surface area contributed by atoms with Crippen molar-refractivity contribution < 1.29 is 0 Å². The minimum absolute atomic E-state index is 0.225. The maximum atomic E-state index is 6.14. The van der Waals surface area contributed by atoms with Gasteiger partial charge in [0.25, 0.3) is 0 Å². The van der Waals surface area contributed by atoms with Crippen molar-refractivity contribution in [3.63, 3.8) is 0 Å². The van der Waals surface area contributed by atoms with Crippen molar-refractivity contribution in [2.24, 2.45) is 5.73 Å². The molecule has 0 amide bonds. The van der Waals surface area contributed by atoms with E-state index in [0.29, 0.717) is 22.2 Å². The van der Waals surface area contributed by atoms with Crippen molar-refractivity contribution in [3.8, 4) is 0 Å². The minimum Gasteiger partial charge on any atom is -0.322 e. The van der Waals surface area contributed by atoms with Gasteiger partial charge in [0.15, 0.2) is 0 Å². The number of benzene rings is 1. The van der Waals surface area contributed by atoms with Gasteiger partial charge in [-0.1, -0.05) is 53.0 Å². The molecule has 1 atom stereocenters. The van der Waals surface area contributed by atoms with Gasteiger partial charge in [0.1, 0.15) is 0 Å². The molecule has 0 saturated heterocycles. The fraction of sp³-hybridized carbons (Fsp3) is 0.214. The molecule has 1 unspecified atom stereocenters. The zero-order valence-electron chi connectivity index (χ0n) is 10.0.